The second kappa shape index (κ2) is 14.8. The van der Waals surface area contributed by atoms with E-state index in [0.29, 0.717) is 5.92 Å². The molecule has 0 aromatic carbocycles. The van der Waals surface area contributed by atoms with Crippen LogP contribution in [-0.4, -0.2) is 38.8 Å². The molecule has 6 heteroatoms. The molecule has 0 aliphatic rings. The first-order chi connectivity index (χ1) is 10.7. The molecule has 1 aromatic heterocycles. The first-order valence-corrected chi connectivity index (χ1v) is 8.34. The third-order valence-electron chi connectivity index (χ3n) is 3.18. The quantitative estimate of drug-likeness (QED) is 0.241. The standard InChI is InChI=1S/C17H31N3O2.HI/c1-4-21-13-6-10-18-17(19-11-8-15(2)3)20-12-9-16-7-5-14-22-16;/h5,7,14-15H,4,6,8-13H2,1-3H3,(H2,18,19,20);1H. The van der Waals surface area contributed by atoms with E-state index in [1.54, 1.807) is 6.26 Å². The molecule has 0 aliphatic carbocycles. The molecule has 0 saturated heterocycles. The van der Waals surface area contributed by atoms with E-state index < -0.39 is 0 Å². The normalized spacial score (nSPS) is 11.4. The average molecular weight is 437 g/mol. The summed E-state index contributed by atoms with van der Waals surface area (Å²) >= 11 is 0. The van der Waals surface area contributed by atoms with Crippen LogP contribution < -0.4 is 10.6 Å². The lowest BCUT2D eigenvalue weighted by molar-refractivity contribution is 0.146. The van der Waals surface area contributed by atoms with Gasteiger partial charge in [0.15, 0.2) is 5.96 Å². The molecule has 5 nitrogen and oxygen atoms in total. The van der Waals surface area contributed by atoms with Crippen molar-refractivity contribution in [3.8, 4) is 0 Å². The average Bonchev–Trinajstić information content (AvgIpc) is 2.99. The molecule has 0 atom stereocenters. The fourth-order valence-electron chi connectivity index (χ4n) is 1.91. The summed E-state index contributed by atoms with van der Waals surface area (Å²) in [5, 5.41) is 6.75. The monoisotopic (exact) mass is 437 g/mol. The van der Waals surface area contributed by atoms with Crippen molar-refractivity contribution < 1.29 is 9.15 Å². The topological polar surface area (TPSA) is 58.8 Å². The van der Waals surface area contributed by atoms with Crippen molar-refractivity contribution in [2.75, 3.05) is 32.8 Å². The van der Waals surface area contributed by atoms with Crippen molar-refractivity contribution in [1.29, 1.82) is 0 Å². The van der Waals surface area contributed by atoms with Crippen LogP contribution in [0, 0.1) is 5.92 Å². The molecule has 0 amide bonds. The molecule has 0 bridgehead atoms. The Bertz CT molecular complexity index is 395. The number of nitrogens with zero attached hydrogens (tertiary/aromatic N) is 1. The van der Waals surface area contributed by atoms with Gasteiger partial charge in [0.05, 0.1) is 6.26 Å². The van der Waals surface area contributed by atoms with E-state index in [-0.39, 0.29) is 24.0 Å². The minimum Gasteiger partial charge on any atom is -0.469 e. The SMILES string of the molecule is CCOCCCN=C(NCCc1ccco1)NCCC(C)C.I. The molecule has 0 aliphatic heterocycles. The Morgan fingerprint density at radius 2 is 2.09 bits per heavy atom. The van der Waals surface area contributed by atoms with Gasteiger partial charge in [-0.15, -0.1) is 24.0 Å². The number of furan rings is 1. The van der Waals surface area contributed by atoms with E-state index in [9.17, 15) is 0 Å². The predicted octanol–water partition coefficient (Wildman–Crippen LogP) is 3.45. The third kappa shape index (κ3) is 12.3. The summed E-state index contributed by atoms with van der Waals surface area (Å²) in [4.78, 5) is 4.60. The van der Waals surface area contributed by atoms with Gasteiger partial charge in [-0.2, -0.15) is 0 Å². The first kappa shape index (κ1) is 22.2. The lowest BCUT2D eigenvalue weighted by Gasteiger charge is -2.13. The van der Waals surface area contributed by atoms with Crippen LogP contribution in [0.25, 0.3) is 0 Å². The smallest absolute Gasteiger partial charge is 0.191 e. The van der Waals surface area contributed by atoms with Gasteiger partial charge >= 0.3 is 0 Å². The molecule has 0 unspecified atom stereocenters. The molecule has 0 saturated carbocycles. The maximum absolute atomic E-state index is 5.34. The van der Waals surface area contributed by atoms with Gasteiger partial charge in [-0.1, -0.05) is 13.8 Å². The van der Waals surface area contributed by atoms with E-state index in [4.69, 9.17) is 9.15 Å². The Labute approximate surface area is 157 Å². The summed E-state index contributed by atoms with van der Waals surface area (Å²) in [6.45, 7) is 10.5. The molecule has 0 radical (unpaired) electrons. The number of nitrogens with one attached hydrogen (secondary N) is 2. The maximum Gasteiger partial charge on any atom is 0.191 e. The zero-order valence-corrected chi connectivity index (χ0v) is 17.0. The second-order valence-corrected chi connectivity index (χ2v) is 5.65. The largest absolute Gasteiger partial charge is 0.469 e. The number of hydrogen-bond donors (Lipinski definition) is 2. The zero-order chi connectivity index (χ0) is 16.0. The molecule has 0 spiro atoms. The van der Waals surface area contributed by atoms with Gasteiger partial charge in [-0.25, -0.2) is 0 Å². The number of hydrogen-bond acceptors (Lipinski definition) is 3. The van der Waals surface area contributed by atoms with Crippen LogP contribution in [0.15, 0.2) is 27.8 Å². The highest BCUT2D eigenvalue weighted by atomic mass is 127. The fraction of sp³-hybridized carbons (Fsp3) is 0.706. The van der Waals surface area contributed by atoms with Gasteiger partial charge in [0.25, 0.3) is 0 Å². The van der Waals surface area contributed by atoms with Crippen molar-refractivity contribution in [1.82, 2.24) is 10.6 Å². The van der Waals surface area contributed by atoms with Crippen molar-refractivity contribution in [2.24, 2.45) is 10.9 Å². The van der Waals surface area contributed by atoms with Crippen molar-refractivity contribution in [2.45, 2.75) is 40.0 Å². The molecular formula is C17H32IN3O2. The number of rotatable bonds is 11. The van der Waals surface area contributed by atoms with E-state index in [1.165, 1.54) is 0 Å². The molecule has 1 heterocycles. The number of aliphatic imine (C=N–C) groups is 1. The number of ether oxygens (including phenoxy) is 1. The summed E-state index contributed by atoms with van der Waals surface area (Å²) in [6.07, 6.45) is 4.65. The van der Waals surface area contributed by atoms with Crippen molar-refractivity contribution in [3.05, 3.63) is 24.2 Å². The van der Waals surface area contributed by atoms with Gasteiger partial charge in [0, 0.05) is 39.3 Å². The maximum atomic E-state index is 5.34. The number of guanidine groups is 1. The Balaban J connectivity index is 0.00000484. The molecule has 0 fully saturated rings. The highest BCUT2D eigenvalue weighted by Crippen LogP contribution is 1.99. The summed E-state index contributed by atoms with van der Waals surface area (Å²) in [6, 6.07) is 3.91. The van der Waals surface area contributed by atoms with Crippen molar-refractivity contribution in [3.63, 3.8) is 0 Å². The van der Waals surface area contributed by atoms with Gasteiger partial charge in [-0.05, 0) is 37.8 Å². The minimum absolute atomic E-state index is 0. The highest BCUT2D eigenvalue weighted by Gasteiger charge is 2.01. The Kier molecular flexibility index (Phi) is 14.3. The summed E-state index contributed by atoms with van der Waals surface area (Å²) in [5.41, 5.74) is 0. The van der Waals surface area contributed by atoms with E-state index in [1.807, 2.05) is 19.1 Å². The van der Waals surface area contributed by atoms with Crippen LogP contribution >= 0.6 is 24.0 Å². The van der Waals surface area contributed by atoms with Gasteiger partial charge < -0.3 is 19.8 Å². The zero-order valence-electron chi connectivity index (χ0n) is 14.6. The van der Waals surface area contributed by atoms with E-state index >= 15 is 0 Å². The molecular weight excluding hydrogens is 405 g/mol. The molecule has 23 heavy (non-hydrogen) atoms. The Hall–Kier alpha value is -0.760. The third-order valence-corrected chi connectivity index (χ3v) is 3.18. The Morgan fingerprint density at radius 3 is 2.74 bits per heavy atom. The van der Waals surface area contributed by atoms with Gasteiger partial charge in [0.1, 0.15) is 5.76 Å². The summed E-state index contributed by atoms with van der Waals surface area (Å²) < 4.78 is 10.7. The fourth-order valence-corrected chi connectivity index (χ4v) is 1.91. The summed E-state index contributed by atoms with van der Waals surface area (Å²) in [5.74, 6) is 2.56. The highest BCUT2D eigenvalue weighted by molar-refractivity contribution is 14.0. The van der Waals surface area contributed by atoms with E-state index in [0.717, 1.165) is 63.8 Å². The van der Waals surface area contributed by atoms with Gasteiger partial charge in [0.2, 0.25) is 0 Å². The predicted molar refractivity (Wildman–Crippen MR) is 107 cm³/mol. The van der Waals surface area contributed by atoms with Crippen LogP contribution in [-0.2, 0) is 11.2 Å². The number of halogens is 1. The van der Waals surface area contributed by atoms with E-state index in [2.05, 4.69) is 29.5 Å². The first-order valence-electron chi connectivity index (χ1n) is 8.34. The van der Waals surface area contributed by atoms with Crippen LogP contribution in [0.2, 0.25) is 0 Å². The van der Waals surface area contributed by atoms with Crippen molar-refractivity contribution >= 4 is 29.9 Å². The van der Waals surface area contributed by atoms with Crippen LogP contribution in [0.4, 0.5) is 0 Å². The van der Waals surface area contributed by atoms with Crippen LogP contribution in [0.1, 0.15) is 39.4 Å². The molecule has 1 aromatic rings. The lowest BCUT2D eigenvalue weighted by Crippen LogP contribution is -2.39. The lowest BCUT2D eigenvalue weighted by atomic mass is 10.1. The van der Waals surface area contributed by atoms with Crippen LogP contribution in [0.3, 0.4) is 0 Å². The minimum atomic E-state index is 0. The Morgan fingerprint density at radius 1 is 1.30 bits per heavy atom. The molecule has 134 valence electrons. The summed E-state index contributed by atoms with van der Waals surface area (Å²) in [7, 11) is 0. The van der Waals surface area contributed by atoms with Crippen LogP contribution in [0.5, 0.6) is 0 Å². The molecule has 1 rings (SSSR count). The van der Waals surface area contributed by atoms with Gasteiger partial charge in [-0.3, -0.25) is 4.99 Å². The molecule has 2 N–H and O–H groups in total. The second-order valence-electron chi connectivity index (χ2n) is 5.65.